The largest absolute Gasteiger partial charge is 0.325 e. The number of ketones is 1. The van der Waals surface area contributed by atoms with Crippen molar-refractivity contribution < 1.29 is 18.0 Å². The zero-order valence-electron chi connectivity index (χ0n) is 16.8. The second-order valence-electron chi connectivity index (χ2n) is 6.90. The van der Waals surface area contributed by atoms with Crippen LogP contribution in [0.25, 0.3) is 0 Å². The Morgan fingerprint density at radius 1 is 0.935 bits per heavy atom. The van der Waals surface area contributed by atoms with Crippen molar-refractivity contribution in [3.05, 3.63) is 95.0 Å². The fourth-order valence-corrected chi connectivity index (χ4v) is 4.46. The minimum absolute atomic E-state index is 0.0205. The fraction of sp³-hybridized carbons (Fsp3) is 0.130. The summed E-state index contributed by atoms with van der Waals surface area (Å²) in [6.07, 6.45) is 0. The summed E-state index contributed by atoms with van der Waals surface area (Å²) in [6, 6.07) is 21.3. The van der Waals surface area contributed by atoms with E-state index in [9.17, 15) is 18.0 Å². The van der Waals surface area contributed by atoms with E-state index in [1.165, 1.54) is 31.2 Å². The van der Waals surface area contributed by atoms with Gasteiger partial charge in [0.05, 0.1) is 11.4 Å². The van der Waals surface area contributed by atoms with Crippen LogP contribution in [0.1, 0.15) is 22.8 Å². The summed E-state index contributed by atoms with van der Waals surface area (Å²) in [5.41, 5.74) is 1.61. The van der Waals surface area contributed by atoms with Gasteiger partial charge in [-0.05, 0) is 48.9 Å². The first-order chi connectivity index (χ1) is 14.8. The van der Waals surface area contributed by atoms with Crippen molar-refractivity contribution in [1.29, 1.82) is 0 Å². The molecule has 0 radical (unpaired) electrons. The van der Waals surface area contributed by atoms with Crippen LogP contribution in [0.5, 0.6) is 0 Å². The van der Waals surface area contributed by atoms with Gasteiger partial charge in [-0.1, -0.05) is 54.1 Å². The first kappa shape index (κ1) is 22.7. The van der Waals surface area contributed by atoms with E-state index < -0.39 is 22.5 Å². The summed E-state index contributed by atoms with van der Waals surface area (Å²) < 4.78 is 27.6. The highest BCUT2D eigenvalue weighted by atomic mass is 35.5. The first-order valence-corrected chi connectivity index (χ1v) is 11.3. The van der Waals surface area contributed by atoms with Gasteiger partial charge in [0, 0.05) is 22.8 Å². The summed E-state index contributed by atoms with van der Waals surface area (Å²) >= 11 is 5.88. The highest BCUT2D eigenvalue weighted by Gasteiger charge is 2.27. The lowest BCUT2D eigenvalue weighted by atomic mass is 10.1. The second-order valence-corrected chi connectivity index (χ2v) is 9.27. The SMILES string of the molecule is CC(=O)c1cccc(NC(=O)CN(Cc2ccccc2)S(=O)(=O)c2ccc(Cl)cc2)c1. The number of halogens is 1. The van der Waals surface area contributed by atoms with Crippen molar-refractivity contribution in [2.75, 3.05) is 11.9 Å². The van der Waals surface area contributed by atoms with Crippen LogP contribution >= 0.6 is 11.6 Å². The van der Waals surface area contributed by atoms with Crippen molar-refractivity contribution in [1.82, 2.24) is 4.31 Å². The fourth-order valence-electron chi connectivity index (χ4n) is 2.95. The van der Waals surface area contributed by atoms with E-state index in [-0.39, 0.29) is 17.2 Å². The predicted octanol–water partition coefficient (Wildman–Crippen LogP) is 4.37. The minimum Gasteiger partial charge on any atom is -0.325 e. The molecule has 0 atom stereocenters. The average molecular weight is 457 g/mol. The van der Waals surface area contributed by atoms with Gasteiger partial charge < -0.3 is 5.32 Å². The molecule has 0 aliphatic rings. The molecule has 1 amide bonds. The molecule has 0 heterocycles. The maximum Gasteiger partial charge on any atom is 0.243 e. The summed E-state index contributed by atoms with van der Waals surface area (Å²) in [4.78, 5) is 24.3. The Kier molecular flexibility index (Phi) is 7.22. The van der Waals surface area contributed by atoms with Gasteiger partial charge in [-0.3, -0.25) is 9.59 Å². The van der Waals surface area contributed by atoms with Crippen molar-refractivity contribution in [3.63, 3.8) is 0 Å². The molecule has 0 saturated carbocycles. The van der Waals surface area contributed by atoms with E-state index in [1.54, 1.807) is 48.5 Å². The minimum atomic E-state index is -3.97. The van der Waals surface area contributed by atoms with Gasteiger partial charge in [0.1, 0.15) is 0 Å². The molecule has 0 saturated heterocycles. The van der Waals surface area contributed by atoms with Gasteiger partial charge in [0.2, 0.25) is 15.9 Å². The van der Waals surface area contributed by atoms with E-state index in [2.05, 4.69) is 5.32 Å². The Morgan fingerprint density at radius 2 is 1.61 bits per heavy atom. The van der Waals surface area contributed by atoms with Crippen molar-refractivity contribution >= 4 is 39.0 Å². The number of rotatable bonds is 8. The smallest absolute Gasteiger partial charge is 0.243 e. The Hall–Kier alpha value is -3.00. The normalized spacial score (nSPS) is 11.3. The highest BCUT2D eigenvalue weighted by molar-refractivity contribution is 7.89. The lowest BCUT2D eigenvalue weighted by Crippen LogP contribution is -2.37. The Bertz CT molecular complexity index is 1180. The van der Waals surface area contributed by atoms with Crippen LogP contribution in [-0.4, -0.2) is 31.0 Å². The monoisotopic (exact) mass is 456 g/mol. The number of hydrogen-bond acceptors (Lipinski definition) is 4. The Balaban J connectivity index is 1.85. The second kappa shape index (κ2) is 9.87. The standard InChI is InChI=1S/C23H21ClN2O4S/c1-17(27)19-8-5-9-21(14-19)25-23(28)16-26(15-18-6-3-2-4-7-18)31(29,30)22-12-10-20(24)11-13-22/h2-14H,15-16H2,1H3,(H,25,28). The van der Waals surface area contributed by atoms with Gasteiger partial charge >= 0.3 is 0 Å². The number of nitrogens with one attached hydrogen (secondary N) is 1. The summed E-state index contributed by atoms with van der Waals surface area (Å²) in [7, 11) is -3.97. The van der Waals surface area contributed by atoms with Gasteiger partial charge in [0.15, 0.2) is 5.78 Å². The van der Waals surface area contributed by atoms with Crippen LogP contribution in [0.3, 0.4) is 0 Å². The molecule has 31 heavy (non-hydrogen) atoms. The summed E-state index contributed by atoms with van der Waals surface area (Å²) in [5.74, 6) is -0.652. The molecule has 3 aromatic rings. The quantitative estimate of drug-likeness (QED) is 0.510. The molecule has 0 aliphatic heterocycles. The molecular weight excluding hydrogens is 436 g/mol. The number of carbonyl (C=O) groups is 2. The van der Waals surface area contributed by atoms with Crippen LogP contribution in [0.4, 0.5) is 5.69 Å². The van der Waals surface area contributed by atoms with E-state index in [0.29, 0.717) is 16.3 Å². The molecule has 0 unspecified atom stereocenters. The third-order valence-corrected chi connectivity index (χ3v) is 6.58. The zero-order chi connectivity index (χ0) is 22.4. The van der Waals surface area contributed by atoms with Crippen LogP contribution in [0.15, 0.2) is 83.8 Å². The lowest BCUT2D eigenvalue weighted by molar-refractivity contribution is -0.116. The summed E-state index contributed by atoms with van der Waals surface area (Å²) in [6.45, 7) is 1.05. The molecule has 8 heteroatoms. The molecule has 6 nitrogen and oxygen atoms in total. The molecule has 0 bridgehead atoms. The Labute approximate surface area is 186 Å². The third kappa shape index (κ3) is 6.01. The maximum absolute atomic E-state index is 13.2. The molecule has 0 fully saturated rings. The van der Waals surface area contributed by atoms with Gasteiger partial charge in [-0.15, -0.1) is 0 Å². The lowest BCUT2D eigenvalue weighted by Gasteiger charge is -2.22. The number of anilines is 1. The van der Waals surface area contributed by atoms with Gasteiger partial charge in [-0.2, -0.15) is 4.31 Å². The molecule has 0 aromatic heterocycles. The van der Waals surface area contributed by atoms with Crippen LogP contribution in [0.2, 0.25) is 5.02 Å². The number of hydrogen-bond donors (Lipinski definition) is 1. The third-order valence-electron chi connectivity index (χ3n) is 4.53. The van der Waals surface area contributed by atoms with Gasteiger partial charge in [0.25, 0.3) is 0 Å². The van der Waals surface area contributed by atoms with Crippen LogP contribution in [0, 0.1) is 0 Å². The zero-order valence-corrected chi connectivity index (χ0v) is 18.4. The molecular formula is C23H21ClN2O4S. The van der Waals surface area contributed by atoms with Crippen LogP contribution in [-0.2, 0) is 21.4 Å². The van der Waals surface area contributed by atoms with Crippen molar-refractivity contribution in [2.24, 2.45) is 0 Å². The number of amides is 1. The molecule has 1 N–H and O–H groups in total. The highest BCUT2D eigenvalue weighted by Crippen LogP contribution is 2.21. The van der Waals surface area contributed by atoms with E-state index in [0.717, 1.165) is 9.87 Å². The number of nitrogens with zero attached hydrogens (tertiary/aromatic N) is 1. The number of carbonyl (C=O) groups excluding carboxylic acids is 2. The Morgan fingerprint density at radius 3 is 2.26 bits per heavy atom. The predicted molar refractivity (Wildman–Crippen MR) is 121 cm³/mol. The van der Waals surface area contributed by atoms with E-state index in [4.69, 9.17) is 11.6 Å². The van der Waals surface area contributed by atoms with E-state index in [1.807, 2.05) is 6.07 Å². The van der Waals surface area contributed by atoms with Crippen molar-refractivity contribution in [2.45, 2.75) is 18.4 Å². The number of Topliss-reactive ketones (excluding diaryl/α,β-unsaturated/α-hetero) is 1. The van der Waals surface area contributed by atoms with Crippen molar-refractivity contribution in [3.8, 4) is 0 Å². The number of benzene rings is 3. The molecule has 160 valence electrons. The molecule has 3 aromatic carbocycles. The number of sulfonamides is 1. The molecule has 0 spiro atoms. The van der Waals surface area contributed by atoms with Crippen LogP contribution < -0.4 is 5.32 Å². The molecule has 0 aliphatic carbocycles. The molecule has 3 rings (SSSR count). The summed E-state index contributed by atoms with van der Waals surface area (Å²) in [5, 5.41) is 3.08. The van der Waals surface area contributed by atoms with E-state index >= 15 is 0 Å². The maximum atomic E-state index is 13.2. The topological polar surface area (TPSA) is 83.6 Å². The first-order valence-electron chi connectivity index (χ1n) is 9.46. The van der Waals surface area contributed by atoms with Gasteiger partial charge in [-0.25, -0.2) is 8.42 Å². The average Bonchev–Trinajstić information content (AvgIpc) is 2.74.